The zero-order valence-corrected chi connectivity index (χ0v) is 19.6. The van der Waals surface area contributed by atoms with Crippen molar-refractivity contribution in [3.63, 3.8) is 0 Å². The summed E-state index contributed by atoms with van der Waals surface area (Å²) in [5.74, 6) is 0. The SMILES string of the molecule is C=CCCCN(C(=O)OCc1ccccc1)[C@H](CO[Si](C)(C)C(C)(C)C)C(F)(F)F. The molecule has 1 atom stereocenters. The van der Waals surface area contributed by atoms with Crippen molar-refractivity contribution in [3.8, 4) is 0 Å². The first kappa shape index (κ1) is 26.2. The highest BCUT2D eigenvalue weighted by Gasteiger charge is 2.48. The highest BCUT2D eigenvalue weighted by Crippen LogP contribution is 2.37. The Morgan fingerprint density at radius 1 is 1.20 bits per heavy atom. The fourth-order valence-electron chi connectivity index (χ4n) is 2.45. The summed E-state index contributed by atoms with van der Waals surface area (Å²) in [7, 11) is -2.43. The number of carbonyl (C=O) groups is 1. The van der Waals surface area contributed by atoms with Crippen molar-refractivity contribution in [3.05, 3.63) is 48.6 Å². The van der Waals surface area contributed by atoms with Gasteiger partial charge in [0.2, 0.25) is 0 Å². The molecule has 8 heteroatoms. The van der Waals surface area contributed by atoms with Crippen LogP contribution in [0.2, 0.25) is 18.1 Å². The predicted molar refractivity (Wildman–Crippen MR) is 116 cm³/mol. The summed E-state index contributed by atoms with van der Waals surface area (Å²) >= 11 is 0. The zero-order chi connectivity index (χ0) is 23.0. The van der Waals surface area contributed by atoms with Crippen molar-refractivity contribution in [2.75, 3.05) is 13.2 Å². The van der Waals surface area contributed by atoms with Crippen molar-refractivity contribution in [1.29, 1.82) is 0 Å². The summed E-state index contributed by atoms with van der Waals surface area (Å²) in [6.07, 6.45) is -3.17. The topological polar surface area (TPSA) is 38.8 Å². The highest BCUT2D eigenvalue weighted by molar-refractivity contribution is 6.74. The van der Waals surface area contributed by atoms with Crippen molar-refractivity contribution >= 4 is 14.4 Å². The van der Waals surface area contributed by atoms with Crippen molar-refractivity contribution < 1.29 is 27.1 Å². The maximum Gasteiger partial charge on any atom is 0.411 e. The molecule has 0 N–H and O–H groups in total. The molecule has 0 aliphatic heterocycles. The van der Waals surface area contributed by atoms with Gasteiger partial charge in [0.1, 0.15) is 6.61 Å². The number of ether oxygens (including phenoxy) is 1. The molecule has 1 amide bonds. The molecule has 0 aliphatic carbocycles. The lowest BCUT2D eigenvalue weighted by Gasteiger charge is -2.39. The van der Waals surface area contributed by atoms with Gasteiger partial charge in [0.05, 0.1) is 6.61 Å². The maximum absolute atomic E-state index is 13.9. The summed E-state index contributed by atoms with van der Waals surface area (Å²) in [4.78, 5) is 13.4. The molecule has 0 spiro atoms. The third-order valence-corrected chi connectivity index (χ3v) is 9.91. The van der Waals surface area contributed by atoms with E-state index in [0.29, 0.717) is 18.4 Å². The summed E-state index contributed by atoms with van der Waals surface area (Å²) in [5, 5.41) is -0.245. The molecule has 170 valence electrons. The molecule has 1 aromatic carbocycles. The van der Waals surface area contributed by atoms with Gasteiger partial charge in [-0.2, -0.15) is 13.2 Å². The van der Waals surface area contributed by atoms with Crippen LogP contribution < -0.4 is 0 Å². The number of allylic oxidation sites excluding steroid dienone is 1. The van der Waals surface area contributed by atoms with Crippen LogP contribution in [0.15, 0.2) is 43.0 Å². The molecule has 0 unspecified atom stereocenters. The average Bonchev–Trinajstić information content (AvgIpc) is 2.63. The van der Waals surface area contributed by atoms with Crippen LogP contribution in [-0.4, -0.2) is 44.7 Å². The fraction of sp³-hybridized carbons (Fsp3) is 0.591. The molecule has 0 bridgehead atoms. The average molecular weight is 446 g/mol. The normalized spacial score (nSPS) is 13.6. The minimum absolute atomic E-state index is 0.0920. The first-order valence-electron chi connectivity index (χ1n) is 10.1. The van der Waals surface area contributed by atoms with Gasteiger partial charge in [0, 0.05) is 6.54 Å². The van der Waals surface area contributed by atoms with Crippen LogP contribution in [-0.2, 0) is 15.8 Å². The molecule has 0 radical (unpaired) electrons. The molecular weight excluding hydrogens is 411 g/mol. The number of hydrogen-bond donors (Lipinski definition) is 0. The molecular formula is C22H34F3NO3Si. The Hall–Kier alpha value is -1.80. The third-order valence-electron chi connectivity index (χ3n) is 5.41. The standard InChI is InChI=1S/C22H34F3NO3Si/c1-7-8-12-15-26(20(27)28-16-18-13-10-9-11-14-18)19(22(23,24)25)17-29-30(5,6)21(2,3)4/h7,9-11,13-14,19H,1,8,12,15-17H2,2-6H3/t19-/m1/s1. The van der Waals surface area contributed by atoms with Gasteiger partial charge in [0.25, 0.3) is 0 Å². The molecule has 4 nitrogen and oxygen atoms in total. The van der Waals surface area contributed by atoms with E-state index in [1.807, 2.05) is 39.9 Å². The number of halogens is 3. The smallest absolute Gasteiger partial charge is 0.411 e. The Bertz CT molecular complexity index is 672. The summed E-state index contributed by atoms with van der Waals surface area (Å²) in [6, 6.07) is 6.78. The number of carbonyl (C=O) groups excluding carboxylic acids is 1. The van der Waals surface area contributed by atoms with Gasteiger partial charge in [0.15, 0.2) is 14.4 Å². The Labute approximate surface area is 179 Å². The molecule has 0 aliphatic rings. The van der Waals surface area contributed by atoms with Crippen LogP contribution in [0.5, 0.6) is 0 Å². The molecule has 0 heterocycles. The molecule has 30 heavy (non-hydrogen) atoms. The van der Waals surface area contributed by atoms with Crippen LogP contribution >= 0.6 is 0 Å². The Morgan fingerprint density at radius 2 is 1.80 bits per heavy atom. The van der Waals surface area contributed by atoms with Gasteiger partial charge >= 0.3 is 12.3 Å². The molecule has 0 aromatic heterocycles. The quantitative estimate of drug-likeness (QED) is 0.233. The van der Waals surface area contributed by atoms with Gasteiger partial charge in [-0.25, -0.2) is 4.79 Å². The minimum atomic E-state index is -4.64. The molecule has 0 saturated carbocycles. The van der Waals surface area contributed by atoms with Crippen molar-refractivity contribution in [2.24, 2.45) is 0 Å². The Morgan fingerprint density at radius 3 is 2.30 bits per heavy atom. The van der Waals surface area contributed by atoms with Crippen LogP contribution in [0, 0.1) is 0 Å². The van der Waals surface area contributed by atoms with E-state index in [0.717, 1.165) is 4.90 Å². The number of rotatable bonds is 10. The number of nitrogens with zero attached hydrogens (tertiary/aromatic N) is 1. The van der Waals surface area contributed by atoms with E-state index >= 15 is 0 Å². The summed E-state index contributed by atoms with van der Waals surface area (Å²) in [5.41, 5.74) is 0.706. The Balaban J connectivity index is 3.01. The van der Waals surface area contributed by atoms with E-state index in [9.17, 15) is 18.0 Å². The number of unbranched alkanes of at least 4 members (excludes halogenated alkanes) is 1. The number of benzene rings is 1. The van der Waals surface area contributed by atoms with Crippen molar-refractivity contribution in [2.45, 2.75) is 70.6 Å². The Kier molecular flexibility index (Phi) is 9.62. The largest absolute Gasteiger partial charge is 0.445 e. The second-order valence-electron chi connectivity index (χ2n) is 8.79. The van der Waals surface area contributed by atoms with Crippen molar-refractivity contribution in [1.82, 2.24) is 4.90 Å². The maximum atomic E-state index is 13.9. The molecule has 0 saturated heterocycles. The summed E-state index contributed by atoms with van der Waals surface area (Å²) in [6.45, 7) is 12.4. The lowest BCUT2D eigenvalue weighted by Crippen LogP contribution is -2.54. The van der Waals surface area contributed by atoms with Crippen LogP contribution in [0.1, 0.15) is 39.2 Å². The van der Waals surface area contributed by atoms with E-state index in [1.165, 1.54) is 0 Å². The monoisotopic (exact) mass is 445 g/mol. The minimum Gasteiger partial charge on any atom is -0.445 e. The molecule has 1 rings (SSSR count). The lowest BCUT2D eigenvalue weighted by atomic mass is 10.2. The van der Waals surface area contributed by atoms with E-state index in [4.69, 9.17) is 9.16 Å². The number of hydrogen-bond acceptors (Lipinski definition) is 3. The molecule has 1 aromatic rings. The van der Waals surface area contributed by atoms with E-state index < -0.39 is 33.2 Å². The third kappa shape index (κ3) is 8.14. The summed E-state index contributed by atoms with van der Waals surface area (Å²) < 4.78 is 52.9. The van der Waals surface area contributed by atoms with Crippen LogP contribution in [0.4, 0.5) is 18.0 Å². The second kappa shape index (κ2) is 11.0. The van der Waals surface area contributed by atoms with E-state index in [-0.39, 0.29) is 18.2 Å². The van der Waals surface area contributed by atoms with Crippen LogP contribution in [0.3, 0.4) is 0 Å². The number of alkyl halides is 3. The van der Waals surface area contributed by atoms with Gasteiger partial charge in [-0.3, -0.25) is 4.90 Å². The van der Waals surface area contributed by atoms with Crippen LogP contribution in [0.25, 0.3) is 0 Å². The van der Waals surface area contributed by atoms with Gasteiger partial charge in [-0.15, -0.1) is 6.58 Å². The first-order valence-corrected chi connectivity index (χ1v) is 13.0. The van der Waals surface area contributed by atoms with Gasteiger partial charge in [-0.05, 0) is 36.5 Å². The lowest BCUT2D eigenvalue weighted by molar-refractivity contribution is -0.186. The van der Waals surface area contributed by atoms with E-state index in [1.54, 1.807) is 30.3 Å². The second-order valence-corrected chi connectivity index (χ2v) is 13.6. The first-order chi connectivity index (χ1) is 13.8. The highest BCUT2D eigenvalue weighted by atomic mass is 28.4. The van der Waals surface area contributed by atoms with Gasteiger partial charge in [-0.1, -0.05) is 57.2 Å². The van der Waals surface area contributed by atoms with E-state index in [2.05, 4.69) is 6.58 Å². The van der Waals surface area contributed by atoms with Gasteiger partial charge < -0.3 is 9.16 Å². The predicted octanol–water partition coefficient (Wildman–Crippen LogP) is 6.54. The molecule has 0 fully saturated rings. The fourth-order valence-corrected chi connectivity index (χ4v) is 3.46. The number of amides is 1. The zero-order valence-electron chi connectivity index (χ0n) is 18.6.